The van der Waals surface area contributed by atoms with E-state index in [4.69, 9.17) is 39.6 Å². The normalized spacial score (nSPS) is 15.0. The summed E-state index contributed by atoms with van der Waals surface area (Å²) in [6.07, 6.45) is 2.76. The Labute approximate surface area is 180 Å². The third-order valence-electron chi connectivity index (χ3n) is 3.57. The molecule has 1 aliphatic rings. The summed E-state index contributed by atoms with van der Waals surface area (Å²) in [5.41, 5.74) is 2.20. The summed E-state index contributed by atoms with van der Waals surface area (Å²) in [5.74, 6) is -1.59. The van der Waals surface area contributed by atoms with Crippen LogP contribution in [-0.2, 0) is 14.4 Å². The minimum absolute atomic E-state index is 0.0116. The van der Waals surface area contributed by atoms with Gasteiger partial charge in [-0.3, -0.25) is 14.2 Å². The van der Waals surface area contributed by atoms with Gasteiger partial charge in [0.1, 0.15) is 6.61 Å². The lowest BCUT2D eigenvalue weighted by molar-refractivity contribution is -0.210. The molecule has 0 unspecified atom stereocenters. The van der Waals surface area contributed by atoms with E-state index in [-0.39, 0.29) is 19.6 Å². The molecule has 29 heavy (non-hydrogen) atoms. The van der Waals surface area contributed by atoms with Crippen molar-refractivity contribution < 1.29 is 28.8 Å². The number of hydrogen-bond acceptors (Lipinski definition) is 7. The highest BCUT2D eigenvalue weighted by molar-refractivity contribution is 6.68. The van der Waals surface area contributed by atoms with E-state index < -0.39 is 40.3 Å². The molecule has 1 aromatic heterocycles. The van der Waals surface area contributed by atoms with Gasteiger partial charge < -0.3 is 9.57 Å². The molecule has 1 N–H and O–H groups in total. The number of hydrogen-bond donors (Lipinski definition) is 1. The Hall–Kier alpha value is -2.27. The second kappa shape index (κ2) is 9.97. The number of alkyl halides is 3. The van der Waals surface area contributed by atoms with Crippen molar-refractivity contribution in [1.29, 1.82) is 0 Å². The van der Waals surface area contributed by atoms with Crippen molar-refractivity contribution >= 4 is 58.8 Å². The average molecular weight is 468 g/mol. The van der Waals surface area contributed by atoms with Gasteiger partial charge in [0.2, 0.25) is 3.79 Å². The smallest absolute Gasteiger partial charge is 0.418 e. The van der Waals surface area contributed by atoms with Crippen LogP contribution < -0.4 is 5.43 Å². The first-order valence-corrected chi connectivity index (χ1v) is 9.35. The van der Waals surface area contributed by atoms with Gasteiger partial charge in [-0.05, 0) is 23.7 Å². The second-order valence-electron chi connectivity index (χ2n) is 5.73. The van der Waals surface area contributed by atoms with Crippen LogP contribution in [0.25, 0.3) is 0 Å². The molecule has 0 spiro atoms. The fraction of sp³-hybridized carbons (Fsp3) is 0.375. The Bertz CT molecular complexity index is 780. The number of rotatable bonds is 7. The highest BCUT2D eigenvalue weighted by Crippen LogP contribution is 2.30. The Kier molecular flexibility index (Phi) is 7.91. The fourth-order valence-electron chi connectivity index (χ4n) is 2.31. The third kappa shape index (κ3) is 6.64. The number of carbonyl (C=O) groups excluding carboxylic acids is 4. The first-order valence-electron chi connectivity index (χ1n) is 8.22. The monoisotopic (exact) mass is 466 g/mol. The number of ether oxygens (including phenoxy) is 1. The van der Waals surface area contributed by atoms with Gasteiger partial charge in [-0.15, -0.1) is 6.58 Å². The molecule has 13 heteroatoms. The maximum atomic E-state index is 12.8. The molecule has 1 fully saturated rings. The van der Waals surface area contributed by atoms with Gasteiger partial charge in [0.15, 0.2) is 6.04 Å². The molecule has 3 amide bonds. The minimum Gasteiger partial charge on any atom is -0.447 e. The predicted molar refractivity (Wildman–Crippen MR) is 103 cm³/mol. The van der Waals surface area contributed by atoms with Crippen LogP contribution in [0.3, 0.4) is 0 Å². The Morgan fingerprint density at radius 3 is 2.52 bits per heavy atom. The number of carbonyl (C=O) groups is 4. The minimum atomic E-state index is -1.95. The molecule has 1 aliphatic heterocycles. The predicted octanol–water partition coefficient (Wildman–Crippen LogP) is 2.67. The standard InChI is InChI=1S/C16H17Cl3N4O6/c1-2-5-11(13(25)21-6-3-4-7-21)23(29-12(24)10-16(17,18)19)20-14(26)22-8-9-28-15(22)27/h2-4,6-7,11H,1,5,8-10H2,(H,20,26)/t11-/m1/s1. The average Bonchev–Trinajstić information content (AvgIpc) is 3.28. The van der Waals surface area contributed by atoms with Gasteiger partial charge in [0, 0.05) is 12.4 Å². The number of nitrogens with zero attached hydrogens (tertiary/aromatic N) is 3. The van der Waals surface area contributed by atoms with Gasteiger partial charge in [-0.2, -0.15) is 0 Å². The number of aromatic nitrogens is 1. The van der Waals surface area contributed by atoms with Crippen LogP contribution in [-0.4, -0.2) is 61.6 Å². The molecule has 158 valence electrons. The third-order valence-corrected chi connectivity index (χ3v) is 3.97. The highest BCUT2D eigenvalue weighted by atomic mass is 35.6. The molecule has 0 saturated carbocycles. The van der Waals surface area contributed by atoms with Crippen molar-refractivity contribution in [3.05, 3.63) is 37.2 Å². The van der Waals surface area contributed by atoms with E-state index in [1.807, 2.05) is 0 Å². The van der Waals surface area contributed by atoms with Crippen molar-refractivity contribution in [2.24, 2.45) is 0 Å². The van der Waals surface area contributed by atoms with Crippen molar-refractivity contribution in [3.8, 4) is 0 Å². The molecule has 1 atom stereocenters. The maximum absolute atomic E-state index is 12.8. The zero-order valence-corrected chi connectivity index (χ0v) is 17.2. The second-order valence-corrected chi connectivity index (χ2v) is 8.25. The number of hydrazine groups is 1. The van der Waals surface area contributed by atoms with E-state index in [1.165, 1.54) is 23.0 Å². The molecule has 2 heterocycles. The topological polar surface area (TPSA) is 110 Å². The van der Waals surface area contributed by atoms with Crippen LogP contribution in [0.15, 0.2) is 37.2 Å². The molecule has 0 aliphatic carbocycles. The number of halogens is 3. The molecular formula is C16H17Cl3N4O6. The van der Waals surface area contributed by atoms with E-state index in [9.17, 15) is 19.2 Å². The number of hydroxylamine groups is 1. The summed E-state index contributed by atoms with van der Waals surface area (Å²) in [7, 11) is 0. The number of amides is 3. The summed E-state index contributed by atoms with van der Waals surface area (Å²) in [4.78, 5) is 54.8. The number of cyclic esters (lactones) is 1. The zero-order valence-electron chi connectivity index (χ0n) is 14.9. The van der Waals surface area contributed by atoms with Crippen LogP contribution >= 0.6 is 34.8 Å². The molecule has 10 nitrogen and oxygen atoms in total. The summed E-state index contributed by atoms with van der Waals surface area (Å²) < 4.78 is 3.96. The lowest BCUT2D eigenvalue weighted by Crippen LogP contribution is -2.56. The highest BCUT2D eigenvalue weighted by Gasteiger charge is 2.36. The Morgan fingerprint density at radius 2 is 2.00 bits per heavy atom. The van der Waals surface area contributed by atoms with Gasteiger partial charge >= 0.3 is 18.1 Å². The lowest BCUT2D eigenvalue weighted by Gasteiger charge is -2.29. The number of imide groups is 1. The largest absolute Gasteiger partial charge is 0.447 e. The van der Waals surface area contributed by atoms with Crippen LogP contribution in [0.2, 0.25) is 0 Å². The van der Waals surface area contributed by atoms with Gasteiger partial charge in [-0.25, -0.2) is 19.9 Å². The first-order chi connectivity index (χ1) is 13.6. The molecule has 1 saturated heterocycles. The van der Waals surface area contributed by atoms with E-state index in [0.717, 1.165) is 4.90 Å². The maximum Gasteiger partial charge on any atom is 0.418 e. The molecule has 1 aromatic rings. The van der Waals surface area contributed by atoms with Crippen molar-refractivity contribution in [1.82, 2.24) is 20.1 Å². The Morgan fingerprint density at radius 1 is 1.34 bits per heavy atom. The first kappa shape index (κ1) is 23.0. The number of urea groups is 1. The van der Waals surface area contributed by atoms with E-state index in [2.05, 4.69) is 16.7 Å². The van der Waals surface area contributed by atoms with Crippen LogP contribution in [0.4, 0.5) is 9.59 Å². The summed E-state index contributed by atoms with van der Waals surface area (Å²) in [6, 6.07) is 1.03. The molecule has 0 radical (unpaired) electrons. The van der Waals surface area contributed by atoms with Gasteiger partial charge in [-0.1, -0.05) is 40.9 Å². The van der Waals surface area contributed by atoms with Crippen LogP contribution in [0.5, 0.6) is 0 Å². The molecule has 0 aromatic carbocycles. The SMILES string of the molecule is C=CC[C@H](C(=O)n1cccc1)N(NC(=O)N1CCOC1=O)OC(=O)CC(Cl)(Cl)Cl. The Balaban J connectivity index is 2.25. The molecule has 2 rings (SSSR count). The van der Waals surface area contributed by atoms with E-state index in [0.29, 0.717) is 5.17 Å². The van der Waals surface area contributed by atoms with Gasteiger partial charge in [0.25, 0.3) is 5.91 Å². The van der Waals surface area contributed by atoms with Crippen molar-refractivity contribution in [2.45, 2.75) is 22.7 Å². The number of nitrogens with one attached hydrogen (secondary N) is 1. The molecule has 0 bridgehead atoms. The van der Waals surface area contributed by atoms with Crippen molar-refractivity contribution in [3.63, 3.8) is 0 Å². The lowest BCUT2D eigenvalue weighted by atomic mass is 10.2. The summed E-state index contributed by atoms with van der Waals surface area (Å²) >= 11 is 16.8. The fourth-order valence-corrected chi connectivity index (χ4v) is 2.64. The quantitative estimate of drug-likeness (QED) is 0.373. The van der Waals surface area contributed by atoms with Gasteiger partial charge in [0.05, 0.1) is 13.0 Å². The summed E-state index contributed by atoms with van der Waals surface area (Å²) in [5, 5.41) is 0.608. The zero-order chi connectivity index (χ0) is 21.6. The van der Waals surface area contributed by atoms with Crippen molar-refractivity contribution in [2.75, 3.05) is 13.2 Å². The van der Waals surface area contributed by atoms with E-state index in [1.54, 1.807) is 12.1 Å². The van der Waals surface area contributed by atoms with E-state index >= 15 is 0 Å². The molecular weight excluding hydrogens is 451 g/mol. The van der Waals surface area contributed by atoms with Crippen LogP contribution in [0.1, 0.15) is 17.6 Å². The summed E-state index contributed by atoms with van der Waals surface area (Å²) in [6.45, 7) is 3.56. The van der Waals surface area contributed by atoms with Crippen LogP contribution in [0, 0.1) is 0 Å².